The standard InChI is InChI=1S/C22H31NO2/c1-13-10-21-11-16(25)18-20(2)4-3-5-22(18)17(21)9-14(13)8-15(21)19(22)23(12-20)6-7-24/h10,14-15,17-19,24H,3-9,11-12H2,1-2H3/t14?,15?,17?,18?,19?,20-,21?,22?/m0/s1. The van der Waals surface area contributed by atoms with E-state index in [1.54, 1.807) is 5.57 Å². The third-order valence-corrected chi connectivity index (χ3v) is 9.86. The van der Waals surface area contributed by atoms with Gasteiger partial charge in [0, 0.05) is 42.3 Å². The summed E-state index contributed by atoms with van der Waals surface area (Å²) in [7, 11) is 0. The Labute approximate surface area is 150 Å². The van der Waals surface area contributed by atoms with Crippen molar-refractivity contribution < 1.29 is 9.90 Å². The van der Waals surface area contributed by atoms with Crippen LogP contribution in [-0.2, 0) is 4.79 Å². The first kappa shape index (κ1) is 15.4. The van der Waals surface area contributed by atoms with Crippen molar-refractivity contribution in [3.63, 3.8) is 0 Å². The molecule has 2 spiro atoms. The van der Waals surface area contributed by atoms with Crippen molar-refractivity contribution in [1.29, 1.82) is 0 Å². The van der Waals surface area contributed by atoms with Crippen LogP contribution in [0.4, 0.5) is 0 Å². The van der Waals surface area contributed by atoms with Crippen molar-refractivity contribution in [2.75, 3.05) is 19.7 Å². The summed E-state index contributed by atoms with van der Waals surface area (Å²) in [6.07, 6.45) is 9.79. The Hall–Kier alpha value is -0.670. The third kappa shape index (κ3) is 1.46. The topological polar surface area (TPSA) is 40.5 Å². The number of aliphatic hydroxyl groups excluding tert-OH is 1. The second-order valence-corrected chi connectivity index (χ2v) is 10.7. The molecule has 1 saturated heterocycles. The molecule has 0 amide bonds. The van der Waals surface area contributed by atoms with Gasteiger partial charge in [0.2, 0.25) is 0 Å². The lowest BCUT2D eigenvalue weighted by atomic mass is 9.40. The Bertz CT molecular complexity index is 700. The maximum atomic E-state index is 13.6. The highest BCUT2D eigenvalue weighted by Crippen LogP contribution is 2.80. The van der Waals surface area contributed by atoms with Crippen LogP contribution in [0.2, 0.25) is 0 Å². The van der Waals surface area contributed by atoms with Crippen LogP contribution in [0.15, 0.2) is 11.6 Å². The molecule has 6 aliphatic carbocycles. The van der Waals surface area contributed by atoms with Crippen LogP contribution in [0.1, 0.15) is 52.4 Å². The molecule has 136 valence electrons. The first-order valence-corrected chi connectivity index (χ1v) is 10.5. The summed E-state index contributed by atoms with van der Waals surface area (Å²) in [6, 6.07) is 0.545. The van der Waals surface area contributed by atoms with Crippen LogP contribution in [0, 0.1) is 39.9 Å². The Morgan fingerprint density at radius 1 is 1.32 bits per heavy atom. The predicted molar refractivity (Wildman–Crippen MR) is 95.8 cm³/mol. The Balaban J connectivity index is 1.62. The van der Waals surface area contributed by atoms with Crippen molar-refractivity contribution in [1.82, 2.24) is 4.90 Å². The number of Topliss-reactive ketones (excluding diaryl/α,β-unsaturated/α-hetero) is 1. The number of allylic oxidation sites excluding steroid dienone is 2. The van der Waals surface area contributed by atoms with Crippen LogP contribution in [-0.4, -0.2) is 41.5 Å². The van der Waals surface area contributed by atoms with Crippen LogP contribution in [0.3, 0.4) is 0 Å². The molecule has 1 aliphatic heterocycles. The average Bonchev–Trinajstić information content (AvgIpc) is 2.64. The predicted octanol–water partition coefficient (Wildman–Crippen LogP) is 3.03. The minimum absolute atomic E-state index is 0.137. The Morgan fingerprint density at radius 3 is 2.96 bits per heavy atom. The number of β-amino-alcohol motifs (C(OH)–C–C–N with tert-alkyl or cyclic N) is 1. The fraction of sp³-hybridized carbons (Fsp3) is 0.864. The summed E-state index contributed by atoms with van der Waals surface area (Å²) < 4.78 is 0. The van der Waals surface area contributed by atoms with Crippen LogP contribution in [0.5, 0.6) is 0 Å². The fourth-order valence-corrected chi connectivity index (χ4v) is 9.73. The van der Waals surface area contributed by atoms with E-state index in [0.717, 1.165) is 31.3 Å². The van der Waals surface area contributed by atoms with Gasteiger partial charge >= 0.3 is 0 Å². The smallest absolute Gasteiger partial charge is 0.138 e. The highest BCUT2D eigenvalue weighted by atomic mass is 16.3. The van der Waals surface area contributed by atoms with E-state index in [9.17, 15) is 9.90 Å². The van der Waals surface area contributed by atoms with Gasteiger partial charge in [0.15, 0.2) is 0 Å². The van der Waals surface area contributed by atoms with Gasteiger partial charge in [0.25, 0.3) is 0 Å². The summed E-state index contributed by atoms with van der Waals surface area (Å²) in [6.45, 7) is 6.80. The zero-order chi connectivity index (χ0) is 17.2. The number of aliphatic hydroxyl groups is 1. The Kier molecular flexibility index (Phi) is 2.72. The van der Waals surface area contributed by atoms with Gasteiger partial charge in [-0.3, -0.25) is 9.69 Å². The zero-order valence-electron chi connectivity index (χ0n) is 15.6. The molecule has 1 N–H and O–H groups in total. The van der Waals surface area contributed by atoms with E-state index >= 15 is 0 Å². The monoisotopic (exact) mass is 341 g/mol. The van der Waals surface area contributed by atoms with E-state index in [2.05, 4.69) is 24.8 Å². The van der Waals surface area contributed by atoms with Crippen molar-refractivity contribution >= 4 is 5.78 Å². The average molecular weight is 341 g/mol. The molecule has 7 aliphatic rings. The van der Waals surface area contributed by atoms with E-state index in [1.165, 1.54) is 32.1 Å². The maximum Gasteiger partial charge on any atom is 0.138 e. The molecule has 0 aromatic heterocycles. The van der Waals surface area contributed by atoms with Gasteiger partial charge in [-0.15, -0.1) is 0 Å². The number of rotatable bonds is 2. The number of carbonyl (C=O) groups is 1. The maximum absolute atomic E-state index is 13.6. The molecule has 3 heteroatoms. The van der Waals surface area contributed by atoms with Crippen LogP contribution >= 0.6 is 0 Å². The second-order valence-electron chi connectivity index (χ2n) is 10.7. The molecule has 0 aromatic carbocycles. The summed E-state index contributed by atoms with van der Waals surface area (Å²) in [5.41, 5.74) is 2.08. The van der Waals surface area contributed by atoms with Gasteiger partial charge in [-0.05, 0) is 55.8 Å². The molecule has 0 aromatic rings. The number of carbonyl (C=O) groups excluding carboxylic acids is 1. The van der Waals surface area contributed by atoms with E-state index in [0.29, 0.717) is 23.7 Å². The van der Waals surface area contributed by atoms with Crippen LogP contribution < -0.4 is 0 Å². The van der Waals surface area contributed by atoms with Gasteiger partial charge in [-0.25, -0.2) is 0 Å². The number of nitrogens with zero attached hydrogens (tertiary/aromatic N) is 1. The van der Waals surface area contributed by atoms with Crippen LogP contribution in [0.25, 0.3) is 0 Å². The molecular formula is C22H31NO2. The molecular weight excluding hydrogens is 310 g/mol. The van der Waals surface area contributed by atoms with Gasteiger partial charge in [0.05, 0.1) is 6.61 Å². The lowest BCUT2D eigenvalue weighted by molar-refractivity contribution is -0.184. The van der Waals surface area contributed by atoms with Crippen molar-refractivity contribution in [2.45, 2.75) is 58.4 Å². The molecule has 3 nitrogen and oxygen atoms in total. The quantitative estimate of drug-likeness (QED) is 0.785. The van der Waals surface area contributed by atoms with Gasteiger partial charge in [-0.1, -0.05) is 25.0 Å². The normalized spacial score (nSPS) is 58.4. The van der Waals surface area contributed by atoms with Crippen molar-refractivity contribution in [3.05, 3.63) is 11.6 Å². The largest absolute Gasteiger partial charge is 0.395 e. The lowest BCUT2D eigenvalue weighted by Crippen LogP contribution is -2.69. The van der Waals surface area contributed by atoms with E-state index in [-0.39, 0.29) is 22.9 Å². The second kappa shape index (κ2) is 4.42. The van der Waals surface area contributed by atoms with Crippen molar-refractivity contribution in [3.8, 4) is 0 Å². The summed E-state index contributed by atoms with van der Waals surface area (Å²) in [5.74, 6) is 3.03. The van der Waals surface area contributed by atoms with Gasteiger partial charge in [0.1, 0.15) is 5.78 Å². The first-order chi connectivity index (χ1) is 12.0. The van der Waals surface area contributed by atoms with Crippen molar-refractivity contribution in [2.24, 2.45) is 39.9 Å². The van der Waals surface area contributed by atoms with Gasteiger partial charge in [-0.2, -0.15) is 0 Å². The molecule has 1 heterocycles. The number of likely N-dealkylation sites (tertiary alicyclic amines) is 1. The fourth-order valence-electron chi connectivity index (χ4n) is 9.73. The molecule has 0 radical (unpaired) electrons. The zero-order valence-corrected chi connectivity index (χ0v) is 15.6. The molecule has 25 heavy (non-hydrogen) atoms. The Morgan fingerprint density at radius 2 is 2.16 bits per heavy atom. The van der Waals surface area contributed by atoms with Gasteiger partial charge < -0.3 is 5.11 Å². The third-order valence-electron chi connectivity index (χ3n) is 9.86. The molecule has 7 unspecified atom stereocenters. The molecule has 6 bridgehead atoms. The highest BCUT2D eigenvalue weighted by molar-refractivity contribution is 5.87. The lowest BCUT2D eigenvalue weighted by Gasteiger charge is -2.66. The molecule has 8 atom stereocenters. The minimum Gasteiger partial charge on any atom is -0.395 e. The van der Waals surface area contributed by atoms with E-state index in [4.69, 9.17) is 0 Å². The van der Waals surface area contributed by atoms with E-state index in [1.807, 2.05) is 0 Å². The summed E-state index contributed by atoms with van der Waals surface area (Å²) in [5, 5.41) is 9.77. The number of ketones is 1. The van der Waals surface area contributed by atoms with E-state index < -0.39 is 0 Å². The minimum atomic E-state index is 0.137. The molecule has 5 fully saturated rings. The summed E-state index contributed by atoms with van der Waals surface area (Å²) >= 11 is 0. The SMILES string of the molecule is CC1=CC23CC(=O)C4C56CCC[C@@]4(C)CN(CCO)C5C2CC1CC36. The molecule has 4 saturated carbocycles. The molecule has 7 rings (SSSR count). The number of hydrogen-bond acceptors (Lipinski definition) is 3. The highest BCUT2D eigenvalue weighted by Gasteiger charge is 2.80. The number of piperidine rings is 1. The number of hydrogen-bond donors (Lipinski definition) is 1. The summed E-state index contributed by atoms with van der Waals surface area (Å²) in [4.78, 5) is 16.2. The first-order valence-electron chi connectivity index (χ1n) is 10.5.